The predicted octanol–water partition coefficient (Wildman–Crippen LogP) is 0.0223. The van der Waals surface area contributed by atoms with E-state index in [0.29, 0.717) is 17.8 Å². The minimum atomic E-state index is -0.202. The minimum absolute atomic E-state index is 0.00814. The highest BCUT2D eigenvalue weighted by molar-refractivity contribution is 5.92. The van der Waals surface area contributed by atoms with E-state index in [1.165, 1.54) is 6.20 Å². The number of carbonyl (C=O) groups excluding carboxylic acids is 1. The summed E-state index contributed by atoms with van der Waals surface area (Å²) in [5.41, 5.74) is 1.01. The standard InChI is InChI=1S/C14H16N2O3/c17-8-2-3-11-5-6-13(15-9-11)14(19)16-7-1-4-12(16)10-18/h5-6,9,12,17-18H,1,4,7-8,10H2. The first-order valence-corrected chi connectivity index (χ1v) is 6.24. The topological polar surface area (TPSA) is 73.7 Å². The van der Waals surface area contributed by atoms with E-state index >= 15 is 0 Å². The maximum atomic E-state index is 12.2. The molecule has 1 amide bonds. The van der Waals surface area contributed by atoms with Crippen molar-refractivity contribution < 1.29 is 15.0 Å². The van der Waals surface area contributed by atoms with Crippen molar-refractivity contribution in [2.24, 2.45) is 0 Å². The van der Waals surface area contributed by atoms with E-state index in [2.05, 4.69) is 16.8 Å². The largest absolute Gasteiger partial charge is 0.394 e. The highest BCUT2D eigenvalue weighted by atomic mass is 16.3. The summed E-state index contributed by atoms with van der Waals surface area (Å²) in [5, 5.41) is 17.8. The monoisotopic (exact) mass is 260 g/mol. The molecule has 0 saturated carbocycles. The molecule has 19 heavy (non-hydrogen) atoms. The first kappa shape index (κ1) is 13.5. The van der Waals surface area contributed by atoms with Crippen molar-refractivity contribution in [1.29, 1.82) is 0 Å². The zero-order chi connectivity index (χ0) is 13.7. The van der Waals surface area contributed by atoms with Gasteiger partial charge in [-0.2, -0.15) is 0 Å². The van der Waals surface area contributed by atoms with Gasteiger partial charge < -0.3 is 15.1 Å². The maximum Gasteiger partial charge on any atom is 0.272 e. The highest BCUT2D eigenvalue weighted by Gasteiger charge is 2.29. The molecule has 5 heteroatoms. The molecule has 1 fully saturated rings. The Morgan fingerprint density at radius 2 is 2.32 bits per heavy atom. The van der Waals surface area contributed by atoms with E-state index < -0.39 is 0 Å². The molecule has 100 valence electrons. The first-order chi connectivity index (χ1) is 9.26. The van der Waals surface area contributed by atoms with Crippen LogP contribution in [0.25, 0.3) is 0 Å². The van der Waals surface area contributed by atoms with Gasteiger partial charge >= 0.3 is 0 Å². The Morgan fingerprint density at radius 3 is 2.95 bits per heavy atom. The number of rotatable bonds is 2. The van der Waals surface area contributed by atoms with E-state index in [4.69, 9.17) is 5.11 Å². The van der Waals surface area contributed by atoms with Crippen molar-refractivity contribution in [1.82, 2.24) is 9.88 Å². The Bertz CT molecular complexity index is 502. The van der Waals surface area contributed by atoms with Gasteiger partial charge in [0.25, 0.3) is 5.91 Å². The van der Waals surface area contributed by atoms with Crippen LogP contribution in [0.5, 0.6) is 0 Å². The first-order valence-electron chi connectivity index (χ1n) is 6.24. The van der Waals surface area contributed by atoms with Crippen molar-refractivity contribution >= 4 is 5.91 Å². The number of aromatic nitrogens is 1. The average molecular weight is 260 g/mol. The third-order valence-electron chi connectivity index (χ3n) is 3.14. The van der Waals surface area contributed by atoms with Crippen LogP contribution < -0.4 is 0 Å². The van der Waals surface area contributed by atoms with E-state index in [9.17, 15) is 9.90 Å². The number of aliphatic hydroxyl groups excluding tert-OH is 2. The molecule has 1 aliphatic heterocycles. The fourth-order valence-electron chi connectivity index (χ4n) is 2.18. The van der Waals surface area contributed by atoms with Crippen LogP contribution in [0.2, 0.25) is 0 Å². The normalized spacial score (nSPS) is 18.0. The molecule has 1 atom stereocenters. The fraction of sp³-hybridized carbons (Fsp3) is 0.429. The summed E-state index contributed by atoms with van der Waals surface area (Å²) in [6.45, 7) is 0.455. The lowest BCUT2D eigenvalue weighted by Gasteiger charge is -2.22. The molecule has 2 heterocycles. The second-order valence-electron chi connectivity index (χ2n) is 4.37. The van der Waals surface area contributed by atoms with E-state index in [1.54, 1.807) is 17.0 Å². The molecule has 1 saturated heterocycles. The van der Waals surface area contributed by atoms with Crippen molar-refractivity contribution in [3.63, 3.8) is 0 Å². The number of likely N-dealkylation sites (tertiary alicyclic amines) is 1. The van der Waals surface area contributed by atoms with Crippen LogP contribution in [0.1, 0.15) is 28.9 Å². The third-order valence-corrected chi connectivity index (χ3v) is 3.14. The Morgan fingerprint density at radius 1 is 1.47 bits per heavy atom. The molecular weight excluding hydrogens is 244 g/mol. The average Bonchev–Trinajstić information content (AvgIpc) is 2.93. The van der Waals surface area contributed by atoms with Gasteiger partial charge in [0.2, 0.25) is 0 Å². The van der Waals surface area contributed by atoms with Crippen LogP contribution in [0.15, 0.2) is 18.3 Å². The lowest BCUT2D eigenvalue weighted by Crippen LogP contribution is -2.38. The lowest BCUT2D eigenvalue weighted by atomic mass is 10.2. The van der Waals surface area contributed by atoms with Crippen LogP contribution in [0.3, 0.4) is 0 Å². The van der Waals surface area contributed by atoms with Gasteiger partial charge in [0, 0.05) is 18.3 Å². The number of hydrogen-bond donors (Lipinski definition) is 2. The number of hydrogen-bond acceptors (Lipinski definition) is 4. The van der Waals surface area contributed by atoms with Crippen molar-refractivity contribution in [3.05, 3.63) is 29.6 Å². The summed E-state index contributed by atoms with van der Waals surface area (Å²) in [4.78, 5) is 18.0. The van der Waals surface area contributed by atoms with Crippen LogP contribution in [0, 0.1) is 11.8 Å². The summed E-state index contributed by atoms with van der Waals surface area (Å²) in [6.07, 6.45) is 3.26. The summed E-state index contributed by atoms with van der Waals surface area (Å²) < 4.78 is 0. The van der Waals surface area contributed by atoms with Gasteiger partial charge in [-0.3, -0.25) is 4.79 Å². The molecule has 0 aliphatic carbocycles. The zero-order valence-corrected chi connectivity index (χ0v) is 10.5. The number of aliphatic hydroxyl groups is 2. The molecule has 2 N–H and O–H groups in total. The van der Waals surface area contributed by atoms with Crippen LogP contribution >= 0.6 is 0 Å². The molecule has 1 aromatic rings. The maximum absolute atomic E-state index is 12.2. The molecule has 1 unspecified atom stereocenters. The molecule has 0 aromatic carbocycles. The quantitative estimate of drug-likeness (QED) is 0.735. The summed E-state index contributed by atoms with van der Waals surface area (Å²) in [6, 6.07) is 3.23. The Labute approximate surface area is 111 Å². The Kier molecular flexibility index (Phi) is 4.50. The minimum Gasteiger partial charge on any atom is -0.394 e. The Hall–Kier alpha value is -1.90. The second kappa shape index (κ2) is 6.32. The number of nitrogens with zero attached hydrogens (tertiary/aromatic N) is 2. The number of pyridine rings is 1. The predicted molar refractivity (Wildman–Crippen MR) is 69.3 cm³/mol. The number of carbonyl (C=O) groups is 1. The van der Waals surface area contributed by atoms with E-state index in [1.807, 2.05) is 0 Å². The Balaban J connectivity index is 2.11. The smallest absolute Gasteiger partial charge is 0.272 e. The van der Waals surface area contributed by atoms with Gasteiger partial charge in [0.05, 0.1) is 12.6 Å². The van der Waals surface area contributed by atoms with Crippen molar-refractivity contribution in [2.75, 3.05) is 19.8 Å². The molecule has 0 bridgehead atoms. The molecular formula is C14H16N2O3. The lowest BCUT2D eigenvalue weighted by molar-refractivity contribution is 0.0672. The van der Waals surface area contributed by atoms with Crippen LogP contribution in [-0.2, 0) is 0 Å². The van der Waals surface area contributed by atoms with Gasteiger partial charge in [0.15, 0.2) is 0 Å². The van der Waals surface area contributed by atoms with Crippen LogP contribution in [-0.4, -0.2) is 51.8 Å². The van der Waals surface area contributed by atoms with Crippen molar-refractivity contribution in [2.45, 2.75) is 18.9 Å². The molecule has 0 spiro atoms. The zero-order valence-electron chi connectivity index (χ0n) is 10.5. The van der Waals surface area contributed by atoms with Crippen LogP contribution in [0.4, 0.5) is 0 Å². The molecule has 0 radical (unpaired) electrons. The molecule has 5 nitrogen and oxygen atoms in total. The highest BCUT2D eigenvalue weighted by Crippen LogP contribution is 2.18. The van der Waals surface area contributed by atoms with Gasteiger partial charge in [-0.25, -0.2) is 4.98 Å². The SMILES string of the molecule is O=C(c1ccc(C#CCO)cn1)N1CCCC1CO. The van der Waals surface area contributed by atoms with E-state index in [0.717, 1.165) is 12.8 Å². The van der Waals surface area contributed by atoms with E-state index in [-0.39, 0.29) is 25.2 Å². The molecule has 1 aromatic heterocycles. The van der Waals surface area contributed by atoms with Gasteiger partial charge in [-0.1, -0.05) is 11.8 Å². The fourth-order valence-corrected chi connectivity index (χ4v) is 2.18. The third kappa shape index (κ3) is 3.11. The van der Waals surface area contributed by atoms with Gasteiger partial charge in [-0.15, -0.1) is 0 Å². The van der Waals surface area contributed by atoms with Gasteiger partial charge in [0.1, 0.15) is 12.3 Å². The van der Waals surface area contributed by atoms with Gasteiger partial charge in [-0.05, 0) is 25.0 Å². The summed E-state index contributed by atoms with van der Waals surface area (Å²) in [7, 11) is 0. The molecule has 2 rings (SSSR count). The summed E-state index contributed by atoms with van der Waals surface area (Å²) >= 11 is 0. The molecule has 1 aliphatic rings. The second-order valence-corrected chi connectivity index (χ2v) is 4.37. The van der Waals surface area contributed by atoms with Crippen molar-refractivity contribution in [3.8, 4) is 11.8 Å². The summed E-state index contributed by atoms with van der Waals surface area (Å²) in [5.74, 6) is 5.09. The number of amides is 1.